The maximum absolute atomic E-state index is 12.8. The van der Waals surface area contributed by atoms with Gasteiger partial charge < -0.3 is 16.0 Å². The molecular weight excluding hydrogens is 392 g/mol. The van der Waals surface area contributed by atoms with Crippen molar-refractivity contribution in [1.29, 1.82) is 0 Å². The van der Waals surface area contributed by atoms with Crippen LogP contribution < -0.4 is 16.0 Å². The Morgan fingerprint density at radius 3 is 2.61 bits per heavy atom. The summed E-state index contributed by atoms with van der Waals surface area (Å²) in [5, 5.41) is 8.59. The molecule has 1 aliphatic rings. The summed E-state index contributed by atoms with van der Waals surface area (Å²) in [6.45, 7) is 7.51. The van der Waals surface area contributed by atoms with Crippen LogP contribution in [0.1, 0.15) is 41.8 Å². The van der Waals surface area contributed by atoms with E-state index in [1.165, 1.54) is 0 Å². The number of nitrogens with one attached hydrogen (secondary N) is 3. The summed E-state index contributed by atoms with van der Waals surface area (Å²) in [7, 11) is 0. The molecule has 0 bridgehead atoms. The largest absolute Gasteiger partial charge is 0.353 e. The quantitative estimate of drug-likeness (QED) is 0.639. The van der Waals surface area contributed by atoms with E-state index in [-0.39, 0.29) is 30.2 Å². The summed E-state index contributed by atoms with van der Waals surface area (Å²) >= 11 is 0. The molecule has 1 fully saturated rings. The number of piperazine rings is 1. The first-order valence-corrected chi connectivity index (χ1v) is 10.6. The van der Waals surface area contributed by atoms with Gasteiger partial charge in [0.1, 0.15) is 0 Å². The summed E-state index contributed by atoms with van der Waals surface area (Å²) in [6.07, 6.45) is 0.0422. The minimum absolute atomic E-state index is 0.0206. The van der Waals surface area contributed by atoms with Crippen molar-refractivity contribution in [2.24, 2.45) is 0 Å². The molecule has 0 radical (unpaired) electrons. The SMILES string of the molecule is Cc1ccc(C(=O)NC(C)C)cc1NC(=O)CC1C(=O)NCCN1Cc1ccccc1. The lowest BCUT2D eigenvalue weighted by Crippen LogP contribution is -2.55. The number of anilines is 1. The maximum atomic E-state index is 12.8. The Hall–Kier alpha value is -3.19. The Morgan fingerprint density at radius 1 is 1.16 bits per heavy atom. The van der Waals surface area contributed by atoms with Gasteiger partial charge in [-0.1, -0.05) is 36.4 Å². The molecule has 1 atom stereocenters. The van der Waals surface area contributed by atoms with E-state index in [9.17, 15) is 14.4 Å². The number of nitrogens with zero attached hydrogens (tertiary/aromatic N) is 1. The lowest BCUT2D eigenvalue weighted by Gasteiger charge is -2.34. The van der Waals surface area contributed by atoms with Crippen LogP contribution in [0.2, 0.25) is 0 Å². The fourth-order valence-corrected chi connectivity index (χ4v) is 3.61. The van der Waals surface area contributed by atoms with E-state index in [0.717, 1.165) is 11.1 Å². The van der Waals surface area contributed by atoms with Crippen molar-refractivity contribution in [2.45, 2.75) is 45.8 Å². The predicted octanol–water partition coefficient (Wildman–Crippen LogP) is 2.46. The molecule has 1 aliphatic heterocycles. The van der Waals surface area contributed by atoms with Gasteiger partial charge >= 0.3 is 0 Å². The highest BCUT2D eigenvalue weighted by Crippen LogP contribution is 2.19. The third kappa shape index (κ3) is 6.15. The summed E-state index contributed by atoms with van der Waals surface area (Å²) < 4.78 is 0. The molecule has 3 rings (SSSR count). The molecule has 3 N–H and O–H groups in total. The van der Waals surface area contributed by atoms with Gasteiger partial charge in [-0.05, 0) is 44.0 Å². The third-order valence-electron chi connectivity index (χ3n) is 5.24. The topological polar surface area (TPSA) is 90.5 Å². The minimum Gasteiger partial charge on any atom is -0.353 e. The second kappa shape index (κ2) is 10.2. The summed E-state index contributed by atoms with van der Waals surface area (Å²) in [4.78, 5) is 39.7. The number of rotatable bonds is 7. The highest BCUT2D eigenvalue weighted by Gasteiger charge is 2.31. The van der Waals surface area contributed by atoms with Crippen molar-refractivity contribution in [3.63, 3.8) is 0 Å². The Bertz CT molecular complexity index is 943. The fourth-order valence-electron chi connectivity index (χ4n) is 3.61. The number of carbonyl (C=O) groups excluding carboxylic acids is 3. The van der Waals surface area contributed by atoms with E-state index in [1.54, 1.807) is 18.2 Å². The van der Waals surface area contributed by atoms with Crippen LogP contribution in [-0.4, -0.2) is 47.8 Å². The molecule has 0 aliphatic carbocycles. The number of amides is 3. The number of aryl methyl sites for hydroxylation is 1. The van der Waals surface area contributed by atoms with E-state index in [2.05, 4.69) is 16.0 Å². The lowest BCUT2D eigenvalue weighted by molar-refractivity contribution is -0.132. The zero-order valence-electron chi connectivity index (χ0n) is 18.3. The Morgan fingerprint density at radius 2 is 1.90 bits per heavy atom. The molecule has 1 saturated heterocycles. The standard InChI is InChI=1S/C24H30N4O3/c1-16(2)26-23(30)19-10-9-17(3)20(13-19)27-22(29)14-21-24(31)25-11-12-28(21)15-18-7-5-4-6-8-18/h4-10,13,16,21H,11-12,14-15H2,1-3H3,(H,25,31)(H,26,30)(H,27,29). The molecule has 1 heterocycles. The molecule has 2 aromatic carbocycles. The minimum atomic E-state index is -0.540. The Kier molecular flexibility index (Phi) is 7.41. The second-order valence-electron chi connectivity index (χ2n) is 8.17. The van der Waals surface area contributed by atoms with Gasteiger partial charge in [-0.25, -0.2) is 0 Å². The van der Waals surface area contributed by atoms with Crippen LogP contribution >= 0.6 is 0 Å². The molecule has 1 unspecified atom stereocenters. The average Bonchev–Trinajstić information content (AvgIpc) is 2.72. The maximum Gasteiger partial charge on any atom is 0.251 e. The zero-order chi connectivity index (χ0) is 22.4. The highest BCUT2D eigenvalue weighted by atomic mass is 16.2. The van der Waals surface area contributed by atoms with Gasteiger partial charge in [-0.2, -0.15) is 0 Å². The Labute approximate surface area is 183 Å². The van der Waals surface area contributed by atoms with Gasteiger partial charge in [0.2, 0.25) is 11.8 Å². The van der Waals surface area contributed by atoms with E-state index < -0.39 is 6.04 Å². The molecule has 7 heteroatoms. The summed E-state index contributed by atoms with van der Waals surface area (Å²) in [5.41, 5.74) is 3.01. The second-order valence-corrected chi connectivity index (χ2v) is 8.17. The molecule has 0 saturated carbocycles. The first-order chi connectivity index (χ1) is 14.8. The van der Waals surface area contributed by atoms with Crippen molar-refractivity contribution in [3.8, 4) is 0 Å². The molecule has 2 aromatic rings. The molecule has 164 valence electrons. The van der Waals surface area contributed by atoms with E-state index in [1.807, 2.05) is 56.0 Å². The number of hydrogen-bond acceptors (Lipinski definition) is 4. The summed E-state index contributed by atoms with van der Waals surface area (Å²) in [5.74, 6) is -0.588. The van der Waals surface area contributed by atoms with Gasteiger partial charge in [0.15, 0.2) is 0 Å². The first kappa shape index (κ1) is 22.5. The van der Waals surface area contributed by atoms with Crippen molar-refractivity contribution in [3.05, 3.63) is 65.2 Å². The van der Waals surface area contributed by atoms with Crippen LogP contribution in [0.25, 0.3) is 0 Å². The van der Waals surface area contributed by atoms with Crippen molar-refractivity contribution in [2.75, 3.05) is 18.4 Å². The smallest absolute Gasteiger partial charge is 0.251 e. The van der Waals surface area contributed by atoms with E-state index in [4.69, 9.17) is 0 Å². The molecule has 7 nitrogen and oxygen atoms in total. The monoisotopic (exact) mass is 422 g/mol. The third-order valence-corrected chi connectivity index (χ3v) is 5.24. The van der Waals surface area contributed by atoms with E-state index >= 15 is 0 Å². The number of benzene rings is 2. The fraction of sp³-hybridized carbons (Fsp3) is 0.375. The zero-order valence-corrected chi connectivity index (χ0v) is 18.3. The molecule has 31 heavy (non-hydrogen) atoms. The average molecular weight is 423 g/mol. The van der Waals surface area contributed by atoms with Crippen LogP contribution in [-0.2, 0) is 16.1 Å². The predicted molar refractivity (Wildman–Crippen MR) is 121 cm³/mol. The van der Waals surface area contributed by atoms with Crippen molar-refractivity contribution in [1.82, 2.24) is 15.5 Å². The lowest BCUT2D eigenvalue weighted by atomic mass is 10.1. The van der Waals surface area contributed by atoms with Gasteiger partial charge in [-0.15, -0.1) is 0 Å². The van der Waals surface area contributed by atoms with Crippen LogP contribution in [0.4, 0.5) is 5.69 Å². The summed E-state index contributed by atoms with van der Waals surface area (Å²) in [6, 6.07) is 14.6. The number of carbonyl (C=O) groups is 3. The van der Waals surface area contributed by atoms with Crippen molar-refractivity contribution < 1.29 is 14.4 Å². The highest BCUT2D eigenvalue weighted by molar-refractivity contribution is 5.99. The van der Waals surface area contributed by atoms with Gasteiger partial charge in [0, 0.05) is 36.9 Å². The number of hydrogen-bond donors (Lipinski definition) is 3. The van der Waals surface area contributed by atoms with Gasteiger partial charge in [0.05, 0.1) is 12.5 Å². The van der Waals surface area contributed by atoms with Crippen molar-refractivity contribution >= 4 is 23.4 Å². The van der Waals surface area contributed by atoms with Crippen LogP contribution in [0.5, 0.6) is 0 Å². The van der Waals surface area contributed by atoms with Gasteiger partial charge in [0.25, 0.3) is 5.91 Å². The normalized spacial score (nSPS) is 16.6. The molecule has 0 spiro atoms. The van der Waals surface area contributed by atoms with Crippen LogP contribution in [0.15, 0.2) is 48.5 Å². The molecule has 0 aromatic heterocycles. The Balaban J connectivity index is 1.69. The first-order valence-electron chi connectivity index (χ1n) is 10.6. The van der Waals surface area contributed by atoms with Crippen LogP contribution in [0, 0.1) is 6.92 Å². The molecular formula is C24H30N4O3. The van der Waals surface area contributed by atoms with Gasteiger partial charge in [-0.3, -0.25) is 19.3 Å². The van der Waals surface area contributed by atoms with E-state index in [0.29, 0.717) is 30.9 Å². The van der Waals surface area contributed by atoms with Crippen LogP contribution in [0.3, 0.4) is 0 Å². The molecule has 3 amide bonds.